The van der Waals surface area contributed by atoms with Crippen LogP contribution in [-0.4, -0.2) is 25.6 Å². The lowest BCUT2D eigenvalue weighted by atomic mass is 10.2. The molecule has 0 saturated carbocycles. The maximum atomic E-state index is 12.4. The van der Waals surface area contributed by atoms with Crippen LogP contribution in [-0.2, 0) is 22.6 Å². The molecule has 2 aromatic carbocycles. The van der Waals surface area contributed by atoms with Gasteiger partial charge in [0.1, 0.15) is 11.5 Å². The first kappa shape index (κ1) is 20.0. The highest BCUT2D eigenvalue weighted by atomic mass is 16.5. The van der Waals surface area contributed by atoms with E-state index in [0.717, 1.165) is 17.1 Å². The monoisotopic (exact) mass is 394 g/mol. The van der Waals surface area contributed by atoms with Gasteiger partial charge in [0.25, 0.3) is 5.91 Å². The Morgan fingerprint density at radius 2 is 1.76 bits per heavy atom. The molecule has 0 aliphatic heterocycles. The molecule has 0 bridgehead atoms. The first-order chi connectivity index (χ1) is 14.2. The summed E-state index contributed by atoms with van der Waals surface area (Å²) in [5.41, 5.74) is 1.87. The average molecular weight is 394 g/mol. The molecule has 0 saturated heterocycles. The van der Waals surface area contributed by atoms with Gasteiger partial charge in [0.2, 0.25) is 0 Å². The SMILES string of the molecule is COc1ccc(CNC(=O)COC(=O)c2ccccc2NCc2ccco2)cc1. The van der Waals surface area contributed by atoms with Crippen molar-refractivity contribution in [2.45, 2.75) is 13.1 Å². The van der Waals surface area contributed by atoms with Gasteiger partial charge in [0.05, 0.1) is 25.5 Å². The highest BCUT2D eigenvalue weighted by molar-refractivity contribution is 5.96. The van der Waals surface area contributed by atoms with Crippen molar-refractivity contribution in [2.24, 2.45) is 0 Å². The van der Waals surface area contributed by atoms with Crippen LogP contribution in [0.15, 0.2) is 71.3 Å². The first-order valence-electron chi connectivity index (χ1n) is 9.08. The number of para-hydroxylation sites is 1. The van der Waals surface area contributed by atoms with Crippen LogP contribution < -0.4 is 15.4 Å². The Morgan fingerprint density at radius 1 is 0.966 bits per heavy atom. The normalized spacial score (nSPS) is 10.2. The smallest absolute Gasteiger partial charge is 0.340 e. The fourth-order valence-corrected chi connectivity index (χ4v) is 2.61. The number of anilines is 1. The van der Waals surface area contributed by atoms with Crippen LogP contribution in [0.25, 0.3) is 0 Å². The zero-order chi connectivity index (χ0) is 20.5. The number of carbonyl (C=O) groups excluding carboxylic acids is 2. The van der Waals surface area contributed by atoms with Crippen LogP contribution in [0.2, 0.25) is 0 Å². The lowest BCUT2D eigenvalue weighted by Crippen LogP contribution is -2.28. The molecule has 0 spiro atoms. The van der Waals surface area contributed by atoms with Crippen LogP contribution >= 0.6 is 0 Å². The summed E-state index contributed by atoms with van der Waals surface area (Å²) in [5, 5.41) is 5.85. The van der Waals surface area contributed by atoms with Gasteiger partial charge in [-0.05, 0) is 42.0 Å². The molecule has 0 radical (unpaired) electrons. The van der Waals surface area contributed by atoms with Gasteiger partial charge in [0, 0.05) is 12.2 Å². The number of amides is 1. The van der Waals surface area contributed by atoms with E-state index in [0.29, 0.717) is 24.3 Å². The van der Waals surface area contributed by atoms with Gasteiger partial charge in [0.15, 0.2) is 6.61 Å². The molecule has 7 heteroatoms. The number of hydrogen-bond donors (Lipinski definition) is 2. The minimum Gasteiger partial charge on any atom is -0.497 e. The molecule has 1 amide bonds. The van der Waals surface area contributed by atoms with Gasteiger partial charge in [-0.1, -0.05) is 24.3 Å². The fourth-order valence-electron chi connectivity index (χ4n) is 2.61. The van der Waals surface area contributed by atoms with Crippen LogP contribution in [0, 0.1) is 0 Å². The van der Waals surface area contributed by atoms with E-state index >= 15 is 0 Å². The van der Waals surface area contributed by atoms with E-state index in [9.17, 15) is 9.59 Å². The maximum Gasteiger partial charge on any atom is 0.340 e. The second kappa shape index (κ2) is 9.98. The third kappa shape index (κ3) is 5.87. The number of nitrogens with one attached hydrogen (secondary N) is 2. The third-order valence-electron chi connectivity index (χ3n) is 4.16. The zero-order valence-electron chi connectivity index (χ0n) is 16.0. The largest absolute Gasteiger partial charge is 0.497 e. The number of furan rings is 1. The van der Waals surface area contributed by atoms with Crippen molar-refractivity contribution in [3.8, 4) is 5.75 Å². The lowest BCUT2D eigenvalue weighted by Gasteiger charge is -2.11. The summed E-state index contributed by atoms with van der Waals surface area (Å²) in [6.45, 7) is 0.406. The lowest BCUT2D eigenvalue weighted by molar-refractivity contribution is -0.124. The van der Waals surface area contributed by atoms with Crippen LogP contribution in [0.1, 0.15) is 21.7 Å². The summed E-state index contributed by atoms with van der Waals surface area (Å²) in [5.74, 6) is 0.529. The Hall–Kier alpha value is -3.74. The van der Waals surface area contributed by atoms with E-state index < -0.39 is 5.97 Å². The topological polar surface area (TPSA) is 89.8 Å². The zero-order valence-corrected chi connectivity index (χ0v) is 16.0. The fraction of sp³-hybridized carbons (Fsp3) is 0.182. The molecule has 3 rings (SSSR count). The second-order valence-electron chi connectivity index (χ2n) is 6.18. The third-order valence-corrected chi connectivity index (χ3v) is 4.16. The first-order valence-corrected chi connectivity index (χ1v) is 9.08. The van der Waals surface area contributed by atoms with E-state index in [-0.39, 0.29) is 12.5 Å². The van der Waals surface area contributed by atoms with Gasteiger partial charge in [-0.3, -0.25) is 4.79 Å². The molecule has 7 nitrogen and oxygen atoms in total. The molecule has 2 N–H and O–H groups in total. The number of methoxy groups -OCH3 is 1. The number of benzene rings is 2. The molecule has 0 aliphatic rings. The summed E-state index contributed by atoms with van der Waals surface area (Å²) >= 11 is 0. The van der Waals surface area contributed by atoms with Crippen molar-refractivity contribution in [2.75, 3.05) is 19.0 Å². The van der Waals surface area contributed by atoms with Gasteiger partial charge in [-0.15, -0.1) is 0 Å². The molecular formula is C22H22N2O5. The summed E-state index contributed by atoms with van der Waals surface area (Å²) in [6, 6.07) is 17.9. The van der Waals surface area contributed by atoms with Crippen molar-refractivity contribution in [3.05, 3.63) is 83.8 Å². The van der Waals surface area contributed by atoms with Crippen molar-refractivity contribution in [3.63, 3.8) is 0 Å². The molecule has 150 valence electrons. The maximum absolute atomic E-state index is 12.4. The molecule has 0 aliphatic carbocycles. The Bertz CT molecular complexity index is 936. The molecule has 0 fully saturated rings. The quantitative estimate of drug-likeness (QED) is 0.541. The minimum absolute atomic E-state index is 0.335. The standard InChI is InChI=1S/C22H22N2O5/c1-27-17-10-8-16(9-11-17)13-24-21(25)15-29-22(26)19-6-2-3-7-20(19)23-14-18-5-4-12-28-18/h2-12,23H,13-15H2,1H3,(H,24,25). The highest BCUT2D eigenvalue weighted by Crippen LogP contribution is 2.17. The van der Waals surface area contributed by atoms with Crippen molar-refractivity contribution < 1.29 is 23.5 Å². The van der Waals surface area contributed by atoms with Crippen LogP contribution in [0.3, 0.4) is 0 Å². The van der Waals surface area contributed by atoms with E-state index in [2.05, 4.69) is 10.6 Å². The highest BCUT2D eigenvalue weighted by Gasteiger charge is 2.14. The van der Waals surface area contributed by atoms with Crippen LogP contribution in [0.5, 0.6) is 5.75 Å². The molecular weight excluding hydrogens is 372 g/mol. The van der Waals surface area contributed by atoms with E-state index in [1.807, 2.05) is 36.4 Å². The molecule has 1 heterocycles. The van der Waals surface area contributed by atoms with Crippen molar-refractivity contribution in [1.82, 2.24) is 5.32 Å². The predicted molar refractivity (Wildman–Crippen MR) is 108 cm³/mol. The molecule has 1 aromatic heterocycles. The summed E-state index contributed by atoms with van der Waals surface area (Å²) in [4.78, 5) is 24.4. The predicted octanol–water partition coefficient (Wildman–Crippen LogP) is 3.37. The van der Waals surface area contributed by atoms with Gasteiger partial charge in [-0.2, -0.15) is 0 Å². The number of ether oxygens (including phenoxy) is 2. The number of rotatable bonds is 9. The molecule has 3 aromatic rings. The Kier molecular flexibility index (Phi) is 6.89. The molecule has 0 atom stereocenters. The van der Waals surface area contributed by atoms with E-state index in [1.165, 1.54) is 0 Å². The van der Waals surface area contributed by atoms with Gasteiger partial charge in [-0.25, -0.2) is 4.79 Å². The molecule has 29 heavy (non-hydrogen) atoms. The minimum atomic E-state index is -0.577. The average Bonchev–Trinajstić information content (AvgIpc) is 3.29. The van der Waals surface area contributed by atoms with Crippen molar-refractivity contribution >= 4 is 17.6 Å². The van der Waals surface area contributed by atoms with Crippen LogP contribution in [0.4, 0.5) is 5.69 Å². The number of esters is 1. The summed E-state index contributed by atoms with van der Waals surface area (Å²) in [7, 11) is 1.59. The van der Waals surface area contributed by atoms with E-state index in [4.69, 9.17) is 13.9 Å². The Morgan fingerprint density at radius 3 is 2.48 bits per heavy atom. The van der Waals surface area contributed by atoms with Crippen molar-refractivity contribution in [1.29, 1.82) is 0 Å². The number of hydrogen-bond acceptors (Lipinski definition) is 6. The van der Waals surface area contributed by atoms with Gasteiger partial charge < -0.3 is 24.5 Å². The second-order valence-corrected chi connectivity index (χ2v) is 6.18. The Balaban J connectivity index is 1.48. The van der Waals surface area contributed by atoms with Gasteiger partial charge >= 0.3 is 5.97 Å². The van der Waals surface area contributed by atoms with E-state index in [1.54, 1.807) is 37.6 Å². The number of carbonyl (C=O) groups is 2. The summed E-state index contributed by atoms with van der Waals surface area (Å²) in [6.07, 6.45) is 1.59. The Labute approximate surface area is 168 Å². The summed E-state index contributed by atoms with van der Waals surface area (Å²) < 4.78 is 15.5. The molecule has 0 unspecified atom stereocenters.